The second-order valence-corrected chi connectivity index (χ2v) is 8.13. The van der Waals surface area contributed by atoms with Crippen LogP contribution in [0.2, 0.25) is 0 Å². The number of rotatable bonds is 6. The van der Waals surface area contributed by atoms with Crippen molar-refractivity contribution in [3.8, 4) is 5.69 Å². The van der Waals surface area contributed by atoms with Crippen LogP contribution in [0.4, 0.5) is 0 Å². The van der Waals surface area contributed by atoms with E-state index in [9.17, 15) is 14.4 Å². The summed E-state index contributed by atoms with van der Waals surface area (Å²) in [7, 11) is 1.57. The second-order valence-electron chi connectivity index (χ2n) is 8.13. The molecule has 0 radical (unpaired) electrons. The van der Waals surface area contributed by atoms with E-state index in [-0.39, 0.29) is 12.3 Å². The molecule has 0 aliphatic rings. The van der Waals surface area contributed by atoms with Gasteiger partial charge in [0.1, 0.15) is 5.78 Å². The summed E-state index contributed by atoms with van der Waals surface area (Å²) < 4.78 is 6.10. The van der Waals surface area contributed by atoms with Crippen LogP contribution in [0, 0.1) is 13.8 Å². The standard InChI is InChI=1S/C23H27N5O3/c1-6-7-8-17-9-11-18(12-10-17)27-15(3)16(4)28-19-20(24-22(27)28)25(5)23(31)26(21(19)30)13-14(2)29/h9-12H,6-8,13H2,1-5H3. The van der Waals surface area contributed by atoms with Gasteiger partial charge in [0, 0.05) is 24.1 Å². The summed E-state index contributed by atoms with van der Waals surface area (Å²) in [4.78, 5) is 42.2. The molecule has 0 aliphatic carbocycles. The zero-order valence-corrected chi connectivity index (χ0v) is 18.6. The molecular weight excluding hydrogens is 394 g/mol. The van der Waals surface area contributed by atoms with Crippen LogP contribution in [0.3, 0.4) is 0 Å². The predicted molar refractivity (Wildman–Crippen MR) is 120 cm³/mol. The van der Waals surface area contributed by atoms with Crippen molar-refractivity contribution in [3.63, 3.8) is 0 Å². The fourth-order valence-corrected chi connectivity index (χ4v) is 4.11. The van der Waals surface area contributed by atoms with E-state index in [1.807, 2.05) is 18.4 Å². The van der Waals surface area contributed by atoms with E-state index in [1.165, 1.54) is 17.1 Å². The lowest BCUT2D eigenvalue weighted by molar-refractivity contribution is -0.117. The van der Waals surface area contributed by atoms with Crippen LogP contribution >= 0.6 is 0 Å². The van der Waals surface area contributed by atoms with Crippen LogP contribution in [0.25, 0.3) is 22.6 Å². The normalized spacial score (nSPS) is 11.6. The van der Waals surface area contributed by atoms with Gasteiger partial charge in [0.05, 0.1) is 6.54 Å². The van der Waals surface area contributed by atoms with Gasteiger partial charge >= 0.3 is 5.69 Å². The molecule has 0 N–H and O–H groups in total. The van der Waals surface area contributed by atoms with E-state index in [1.54, 1.807) is 11.4 Å². The van der Waals surface area contributed by atoms with E-state index in [0.29, 0.717) is 16.9 Å². The number of benzene rings is 1. The van der Waals surface area contributed by atoms with Gasteiger partial charge in [-0.3, -0.25) is 27.7 Å². The maximum absolute atomic E-state index is 13.2. The SMILES string of the molecule is CCCCc1ccc(-n2c(C)c(C)n3c4c(=O)n(CC(C)=O)c(=O)n(C)c4nc23)cc1. The Balaban J connectivity index is 2.01. The van der Waals surface area contributed by atoms with Crippen molar-refractivity contribution in [2.45, 2.75) is 53.5 Å². The Bertz CT molecular complexity index is 1430. The number of carbonyl (C=O) groups is 1. The number of aromatic nitrogens is 5. The molecule has 4 aromatic rings. The van der Waals surface area contributed by atoms with Gasteiger partial charge in [-0.25, -0.2) is 4.79 Å². The first-order valence-corrected chi connectivity index (χ1v) is 10.5. The molecule has 8 heteroatoms. The van der Waals surface area contributed by atoms with Crippen molar-refractivity contribution in [1.82, 2.24) is 23.1 Å². The zero-order chi connectivity index (χ0) is 22.4. The lowest BCUT2D eigenvalue weighted by Gasteiger charge is -2.08. The number of hydrogen-bond acceptors (Lipinski definition) is 4. The van der Waals surface area contributed by atoms with Crippen LogP contribution in [-0.2, 0) is 24.8 Å². The van der Waals surface area contributed by atoms with E-state index < -0.39 is 11.2 Å². The highest BCUT2D eigenvalue weighted by molar-refractivity contribution is 5.79. The maximum Gasteiger partial charge on any atom is 0.332 e. The first kappa shape index (κ1) is 20.8. The van der Waals surface area contributed by atoms with Crippen LogP contribution < -0.4 is 11.2 Å². The van der Waals surface area contributed by atoms with Crippen LogP contribution in [-0.4, -0.2) is 28.9 Å². The first-order chi connectivity index (χ1) is 14.8. The summed E-state index contributed by atoms with van der Waals surface area (Å²) in [6.45, 7) is 7.19. The summed E-state index contributed by atoms with van der Waals surface area (Å²) in [5.41, 5.74) is 3.60. The number of nitrogens with zero attached hydrogens (tertiary/aromatic N) is 5. The molecule has 0 unspecified atom stereocenters. The molecule has 0 spiro atoms. The van der Waals surface area contributed by atoms with Crippen molar-refractivity contribution in [2.75, 3.05) is 0 Å². The summed E-state index contributed by atoms with van der Waals surface area (Å²) >= 11 is 0. The zero-order valence-electron chi connectivity index (χ0n) is 18.6. The molecule has 3 heterocycles. The molecule has 4 rings (SSSR count). The molecule has 0 fully saturated rings. The number of imidazole rings is 2. The minimum atomic E-state index is -0.547. The molecule has 0 saturated carbocycles. The molecule has 8 nitrogen and oxygen atoms in total. The highest BCUT2D eigenvalue weighted by Gasteiger charge is 2.23. The third-order valence-corrected chi connectivity index (χ3v) is 5.91. The average molecular weight is 422 g/mol. The second kappa shape index (κ2) is 7.68. The topological polar surface area (TPSA) is 83.3 Å². The Morgan fingerprint density at radius 2 is 1.74 bits per heavy atom. The molecule has 0 bridgehead atoms. The number of ketones is 1. The molecule has 31 heavy (non-hydrogen) atoms. The van der Waals surface area contributed by atoms with Crippen LogP contribution in [0.5, 0.6) is 0 Å². The van der Waals surface area contributed by atoms with Gasteiger partial charge in [0.15, 0.2) is 11.2 Å². The van der Waals surface area contributed by atoms with Crippen molar-refractivity contribution < 1.29 is 4.79 Å². The summed E-state index contributed by atoms with van der Waals surface area (Å²) in [6.07, 6.45) is 3.34. The Hall–Kier alpha value is -3.42. The highest BCUT2D eigenvalue weighted by Crippen LogP contribution is 2.25. The fraction of sp³-hybridized carbons (Fsp3) is 0.391. The van der Waals surface area contributed by atoms with Gasteiger partial charge < -0.3 is 0 Å². The molecule has 0 atom stereocenters. The molecule has 0 saturated heterocycles. The molecule has 0 aliphatic heterocycles. The number of hydrogen-bond donors (Lipinski definition) is 0. The van der Waals surface area contributed by atoms with Crippen LogP contribution in [0.15, 0.2) is 33.9 Å². The van der Waals surface area contributed by atoms with Crippen molar-refractivity contribution >= 4 is 22.7 Å². The minimum absolute atomic E-state index is 0.257. The first-order valence-electron chi connectivity index (χ1n) is 10.5. The van der Waals surface area contributed by atoms with Crippen LogP contribution in [0.1, 0.15) is 43.6 Å². The monoisotopic (exact) mass is 421 g/mol. The summed E-state index contributed by atoms with van der Waals surface area (Å²) in [6, 6.07) is 8.36. The number of Topliss-reactive ketones (excluding diaryl/α,β-unsaturated/α-hetero) is 1. The highest BCUT2D eigenvalue weighted by atomic mass is 16.2. The molecule has 162 valence electrons. The maximum atomic E-state index is 13.2. The lowest BCUT2D eigenvalue weighted by atomic mass is 10.1. The molecule has 0 amide bonds. The quantitative estimate of drug-likeness (QED) is 0.479. The third-order valence-electron chi connectivity index (χ3n) is 5.91. The predicted octanol–water partition coefficient (Wildman–Crippen LogP) is 2.69. The van der Waals surface area contributed by atoms with E-state index >= 15 is 0 Å². The number of carbonyl (C=O) groups excluding carboxylic acids is 1. The summed E-state index contributed by atoms with van der Waals surface area (Å²) in [5, 5.41) is 0. The van der Waals surface area contributed by atoms with Crippen molar-refractivity contribution in [3.05, 3.63) is 62.1 Å². The Kier molecular flexibility index (Phi) is 5.16. The Labute approximate surface area is 179 Å². The van der Waals surface area contributed by atoms with Crippen molar-refractivity contribution in [2.24, 2.45) is 7.05 Å². The Morgan fingerprint density at radius 3 is 2.35 bits per heavy atom. The average Bonchev–Trinajstić information content (AvgIpc) is 3.24. The number of fused-ring (bicyclic) bond motifs is 3. The Morgan fingerprint density at radius 1 is 1.06 bits per heavy atom. The lowest BCUT2D eigenvalue weighted by Crippen LogP contribution is -2.40. The van der Waals surface area contributed by atoms with Gasteiger partial charge in [-0.2, -0.15) is 4.98 Å². The molecular formula is C23H27N5O3. The van der Waals surface area contributed by atoms with Gasteiger partial charge in [-0.05, 0) is 51.3 Å². The summed E-state index contributed by atoms with van der Waals surface area (Å²) in [5.74, 6) is 0.312. The largest absolute Gasteiger partial charge is 0.332 e. The number of unbranched alkanes of at least 4 members (excludes halogenated alkanes) is 1. The minimum Gasteiger partial charge on any atom is -0.298 e. The number of aryl methyl sites for hydroxylation is 3. The fourth-order valence-electron chi connectivity index (χ4n) is 4.11. The van der Waals surface area contributed by atoms with Gasteiger partial charge in [0.25, 0.3) is 5.56 Å². The van der Waals surface area contributed by atoms with Gasteiger partial charge in [-0.1, -0.05) is 25.5 Å². The van der Waals surface area contributed by atoms with Gasteiger partial charge in [0.2, 0.25) is 5.78 Å². The van der Waals surface area contributed by atoms with Crippen molar-refractivity contribution in [1.29, 1.82) is 0 Å². The molecule has 1 aromatic carbocycles. The van der Waals surface area contributed by atoms with Gasteiger partial charge in [-0.15, -0.1) is 0 Å². The molecule has 3 aromatic heterocycles. The van der Waals surface area contributed by atoms with E-state index in [2.05, 4.69) is 36.2 Å². The smallest absolute Gasteiger partial charge is 0.298 e. The third kappa shape index (κ3) is 3.22. The van der Waals surface area contributed by atoms with E-state index in [4.69, 9.17) is 0 Å². The van der Waals surface area contributed by atoms with E-state index in [0.717, 1.165) is 40.9 Å².